The zero-order valence-corrected chi connectivity index (χ0v) is 12.7. The van der Waals surface area contributed by atoms with Gasteiger partial charge >= 0.3 is 0 Å². The SMILES string of the molecule is Cc1nscc1C(=O)N1CCCC1CC(O)c1ccco1. The molecular formula is C15H18N2O3S. The van der Waals surface area contributed by atoms with Gasteiger partial charge in [0.15, 0.2) is 0 Å². The van der Waals surface area contributed by atoms with Crippen molar-refractivity contribution in [2.24, 2.45) is 0 Å². The van der Waals surface area contributed by atoms with E-state index in [1.165, 1.54) is 11.5 Å². The van der Waals surface area contributed by atoms with Gasteiger partial charge in [0.25, 0.3) is 5.91 Å². The third kappa shape index (κ3) is 2.87. The van der Waals surface area contributed by atoms with Gasteiger partial charge in [0, 0.05) is 24.4 Å². The molecule has 2 atom stereocenters. The molecule has 1 aliphatic heterocycles. The molecule has 5 nitrogen and oxygen atoms in total. The molecule has 6 heteroatoms. The van der Waals surface area contributed by atoms with Crippen LogP contribution in [0.4, 0.5) is 0 Å². The van der Waals surface area contributed by atoms with E-state index in [1.807, 2.05) is 11.8 Å². The van der Waals surface area contributed by atoms with Gasteiger partial charge in [-0.2, -0.15) is 4.37 Å². The first-order valence-electron chi connectivity index (χ1n) is 7.10. The number of amides is 1. The standard InChI is InChI=1S/C15H18N2O3S/c1-10-12(9-21-16-10)15(19)17-6-2-4-11(17)8-13(18)14-5-3-7-20-14/h3,5,7,9,11,13,18H,2,4,6,8H2,1H3. The quantitative estimate of drug-likeness (QED) is 0.943. The number of likely N-dealkylation sites (tertiary alicyclic amines) is 1. The fourth-order valence-corrected chi connectivity index (χ4v) is 3.54. The second kappa shape index (κ2) is 5.99. The molecule has 112 valence electrons. The topological polar surface area (TPSA) is 66.6 Å². The molecule has 0 spiro atoms. The predicted molar refractivity (Wildman–Crippen MR) is 79.2 cm³/mol. The lowest BCUT2D eigenvalue weighted by atomic mass is 10.0. The van der Waals surface area contributed by atoms with Gasteiger partial charge in [0.1, 0.15) is 11.9 Å². The van der Waals surface area contributed by atoms with Gasteiger partial charge in [-0.3, -0.25) is 4.79 Å². The second-order valence-corrected chi connectivity index (χ2v) is 6.00. The molecule has 2 aromatic heterocycles. The molecule has 3 heterocycles. The van der Waals surface area contributed by atoms with E-state index in [0.29, 0.717) is 17.7 Å². The van der Waals surface area contributed by atoms with E-state index in [4.69, 9.17) is 4.42 Å². The third-order valence-corrected chi connectivity index (χ3v) is 4.71. The molecule has 1 saturated heterocycles. The van der Waals surface area contributed by atoms with Crippen LogP contribution in [0.15, 0.2) is 28.2 Å². The maximum absolute atomic E-state index is 12.6. The van der Waals surface area contributed by atoms with Gasteiger partial charge in [-0.05, 0) is 43.4 Å². The summed E-state index contributed by atoms with van der Waals surface area (Å²) in [6.45, 7) is 2.59. The molecule has 3 rings (SSSR count). The second-order valence-electron chi connectivity index (χ2n) is 5.38. The lowest BCUT2D eigenvalue weighted by molar-refractivity contribution is 0.0641. The van der Waals surface area contributed by atoms with Crippen molar-refractivity contribution in [3.63, 3.8) is 0 Å². The molecule has 0 radical (unpaired) electrons. The molecule has 0 bridgehead atoms. The average Bonchev–Trinajstić information content (AvgIpc) is 3.19. The summed E-state index contributed by atoms with van der Waals surface area (Å²) in [6.07, 6.45) is 3.28. The summed E-state index contributed by atoms with van der Waals surface area (Å²) in [6, 6.07) is 3.58. The number of hydrogen-bond donors (Lipinski definition) is 1. The minimum absolute atomic E-state index is 0.0235. The monoisotopic (exact) mass is 306 g/mol. The van der Waals surface area contributed by atoms with Crippen LogP contribution in [0.25, 0.3) is 0 Å². The van der Waals surface area contributed by atoms with Crippen molar-refractivity contribution >= 4 is 17.4 Å². The molecule has 1 N–H and O–H groups in total. The summed E-state index contributed by atoms with van der Waals surface area (Å²) >= 11 is 1.30. The normalized spacial score (nSPS) is 19.9. The van der Waals surface area contributed by atoms with E-state index < -0.39 is 6.10 Å². The highest BCUT2D eigenvalue weighted by atomic mass is 32.1. The number of aryl methyl sites for hydroxylation is 1. The van der Waals surface area contributed by atoms with Gasteiger partial charge in [0.05, 0.1) is 17.5 Å². The van der Waals surface area contributed by atoms with Crippen molar-refractivity contribution < 1.29 is 14.3 Å². The van der Waals surface area contributed by atoms with Crippen LogP contribution in [0.2, 0.25) is 0 Å². The molecule has 1 aliphatic rings. The number of aliphatic hydroxyl groups is 1. The van der Waals surface area contributed by atoms with Crippen LogP contribution >= 0.6 is 11.5 Å². The van der Waals surface area contributed by atoms with E-state index in [0.717, 1.165) is 25.1 Å². The van der Waals surface area contributed by atoms with Gasteiger partial charge < -0.3 is 14.4 Å². The highest BCUT2D eigenvalue weighted by Crippen LogP contribution is 2.29. The molecule has 1 amide bonds. The van der Waals surface area contributed by atoms with Crippen molar-refractivity contribution in [1.29, 1.82) is 0 Å². The summed E-state index contributed by atoms with van der Waals surface area (Å²) in [7, 11) is 0. The van der Waals surface area contributed by atoms with Crippen LogP contribution in [0, 0.1) is 6.92 Å². The summed E-state index contributed by atoms with van der Waals surface area (Å²) in [5, 5.41) is 12.0. The number of nitrogens with zero attached hydrogens (tertiary/aromatic N) is 2. The zero-order valence-electron chi connectivity index (χ0n) is 11.9. The molecule has 0 aliphatic carbocycles. The van der Waals surface area contributed by atoms with Crippen LogP contribution in [-0.2, 0) is 0 Å². The van der Waals surface area contributed by atoms with E-state index >= 15 is 0 Å². The molecule has 1 fully saturated rings. The highest BCUT2D eigenvalue weighted by Gasteiger charge is 2.32. The number of carbonyl (C=O) groups excluding carboxylic acids is 1. The van der Waals surface area contributed by atoms with Gasteiger partial charge in [-0.15, -0.1) is 0 Å². The van der Waals surface area contributed by atoms with Crippen LogP contribution in [0.3, 0.4) is 0 Å². The van der Waals surface area contributed by atoms with E-state index in [2.05, 4.69) is 4.37 Å². The van der Waals surface area contributed by atoms with Crippen molar-refractivity contribution in [3.05, 3.63) is 40.8 Å². The van der Waals surface area contributed by atoms with Crippen LogP contribution < -0.4 is 0 Å². The predicted octanol–water partition coefficient (Wildman–Crippen LogP) is 2.77. The summed E-state index contributed by atoms with van der Waals surface area (Å²) < 4.78 is 9.40. The van der Waals surface area contributed by atoms with E-state index in [-0.39, 0.29) is 11.9 Å². The Hall–Kier alpha value is -1.66. The fraction of sp³-hybridized carbons (Fsp3) is 0.467. The Morgan fingerprint density at radius 2 is 2.52 bits per heavy atom. The van der Waals surface area contributed by atoms with Gasteiger partial charge in [0.2, 0.25) is 0 Å². The maximum atomic E-state index is 12.6. The minimum Gasteiger partial charge on any atom is -0.467 e. The Labute approximate surface area is 127 Å². The summed E-state index contributed by atoms with van der Waals surface area (Å²) in [5.74, 6) is 0.582. The van der Waals surface area contributed by atoms with Crippen molar-refractivity contribution in [2.75, 3.05) is 6.54 Å². The number of aromatic nitrogens is 1. The molecule has 21 heavy (non-hydrogen) atoms. The van der Waals surface area contributed by atoms with E-state index in [1.54, 1.807) is 23.8 Å². The maximum Gasteiger partial charge on any atom is 0.256 e. The van der Waals surface area contributed by atoms with Crippen LogP contribution in [0.5, 0.6) is 0 Å². The third-order valence-electron chi connectivity index (χ3n) is 3.99. The first-order chi connectivity index (χ1) is 10.2. The summed E-state index contributed by atoms with van der Waals surface area (Å²) in [5.41, 5.74) is 1.46. The van der Waals surface area contributed by atoms with Crippen molar-refractivity contribution in [1.82, 2.24) is 9.27 Å². The average molecular weight is 306 g/mol. The smallest absolute Gasteiger partial charge is 0.256 e. The Morgan fingerprint density at radius 1 is 1.67 bits per heavy atom. The van der Waals surface area contributed by atoms with Gasteiger partial charge in [-0.1, -0.05) is 0 Å². The Kier molecular flexibility index (Phi) is 4.07. The first kappa shape index (κ1) is 14.3. The molecule has 0 aromatic carbocycles. The number of aliphatic hydroxyl groups excluding tert-OH is 1. The van der Waals surface area contributed by atoms with Gasteiger partial charge in [-0.25, -0.2) is 0 Å². The Morgan fingerprint density at radius 3 is 3.19 bits per heavy atom. The minimum atomic E-state index is -0.667. The fourth-order valence-electron chi connectivity index (χ4n) is 2.86. The lowest BCUT2D eigenvalue weighted by Crippen LogP contribution is -2.36. The Balaban J connectivity index is 1.71. The lowest BCUT2D eigenvalue weighted by Gasteiger charge is -2.26. The van der Waals surface area contributed by atoms with Crippen molar-refractivity contribution in [2.45, 2.75) is 38.3 Å². The number of carbonyl (C=O) groups is 1. The highest BCUT2D eigenvalue weighted by molar-refractivity contribution is 7.03. The summed E-state index contributed by atoms with van der Waals surface area (Å²) in [4.78, 5) is 14.5. The van der Waals surface area contributed by atoms with Crippen molar-refractivity contribution in [3.8, 4) is 0 Å². The van der Waals surface area contributed by atoms with Crippen LogP contribution in [-0.4, -0.2) is 32.9 Å². The number of rotatable bonds is 4. The number of furan rings is 1. The Bertz CT molecular complexity index is 608. The zero-order chi connectivity index (χ0) is 14.8. The largest absolute Gasteiger partial charge is 0.467 e. The van der Waals surface area contributed by atoms with Crippen LogP contribution in [0.1, 0.15) is 47.2 Å². The molecule has 2 unspecified atom stereocenters. The number of hydrogen-bond acceptors (Lipinski definition) is 5. The molecule has 0 saturated carbocycles. The van der Waals surface area contributed by atoms with E-state index in [9.17, 15) is 9.90 Å². The first-order valence-corrected chi connectivity index (χ1v) is 7.94. The molecule has 2 aromatic rings. The molecular weight excluding hydrogens is 288 g/mol.